The molecule has 1 aliphatic carbocycles. The maximum absolute atomic E-state index is 11.6. The van der Waals surface area contributed by atoms with Crippen LogP contribution in [0.5, 0.6) is 0 Å². The minimum absolute atomic E-state index is 0.0369. The Balaban J connectivity index is 0.00000108. The fourth-order valence-electron chi connectivity index (χ4n) is 3.81. The highest BCUT2D eigenvalue weighted by atomic mass is 16.4. The standard InChI is InChI=1S/C14H27BNO3.C3H6O/c1-3-6-11-10(4-2)9-14(16,13(17)18)12(11)7-5-8-15-19;1-3(2)4/h10-12,19H,3-9,16H2,1-2H3,(H,17,18);1-2H3. The predicted molar refractivity (Wildman–Crippen MR) is 93.2 cm³/mol. The maximum atomic E-state index is 11.6. The Hall–Kier alpha value is -0.875. The molecule has 23 heavy (non-hydrogen) atoms. The summed E-state index contributed by atoms with van der Waals surface area (Å²) in [6, 6.07) is 0. The molecule has 4 unspecified atom stereocenters. The smallest absolute Gasteiger partial charge is 0.323 e. The molecule has 1 rings (SSSR count). The zero-order valence-electron chi connectivity index (χ0n) is 15.0. The Labute approximate surface area is 141 Å². The van der Waals surface area contributed by atoms with Crippen molar-refractivity contribution < 1.29 is 19.7 Å². The average molecular weight is 326 g/mol. The van der Waals surface area contributed by atoms with E-state index < -0.39 is 11.5 Å². The first-order valence-corrected chi connectivity index (χ1v) is 8.69. The van der Waals surface area contributed by atoms with E-state index in [0.717, 1.165) is 39.6 Å². The van der Waals surface area contributed by atoms with E-state index in [1.54, 1.807) is 0 Å². The predicted octanol–water partition coefficient (Wildman–Crippen LogP) is 2.64. The summed E-state index contributed by atoms with van der Waals surface area (Å²) in [5.41, 5.74) is 5.17. The van der Waals surface area contributed by atoms with Crippen LogP contribution in [0.2, 0.25) is 6.32 Å². The molecule has 6 heteroatoms. The van der Waals surface area contributed by atoms with Gasteiger partial charge in [-0.1, -0.05) is 45.9 Å². The molecule has 0 amide bonds. The van der Waals surface area contributed by atoms with E-state index in [-0.39, 0.29) is 11.7 Å². The van der Waals surface area contributed by atoms with E-state index >= 15 is 0 Å². The van der Waals surface area contributed by atoms with Gasteiger partial charge >= 0.3 is 5.97 Å². The van der Waals surface area contributed by atoms with E-state index in [1.165, 1.54) is 13.8 Å². The van der Waals surface area contributed by atoms with Crippen molar-refractivity contribution in [1.29, 1.82) is 0 Å². The van der Waals surface area contributed by atoms with Gasteiger partial charge in [0.1, 0.15) is 11.3 Å². The third-order valence-corrected chi connectivity index (χ3v) is 4.78. The summed E-state index contributed by atoms with van der Waals surface area (Å²) in [7, 11) is 1.15. The van der Waals surface area contributed by atoms with Crippen molar-refractivity contribution in [3.05, 3.63) is 0 Å². The van der Waals surface area contributed by atoms with Crippen molar-refractivity contribution in [2.75, 3.05) is 0 Å². The molecule has 1 saturated carbocycles. The lowest BCUT2D eigenvalue weighted by Gasteiger charge is -2.30. The van der Waals surface area contributed by atoms with Gasteiger partial charge in [0.25, 0.3) is 7.48 Å². The molecule has 1 fully saturated rings. The van der Waals surface area contributed by atoms with E-state index in [2.05, 4.69) is 13.8 Å². The SMILES string of the molecule is CC(C)=O.CCCC1C(CC)CC(N)(C(=O)O)C1CCC[B]O. The molecule has 133 valence electrons. The molecule has 4 atom stereocenters. The molecule has 0 spiro atoms. The van der Waals surface area contributed by atoms with Gasteiger partial charge < -0.3 is 20.7 Å². The fourth-order valence-corrected chi connectivity index (χ4v) is 3.81. The molecule has 0 heterocycles. The first kappa shape index (κ1) is 22.1. The zero-order valence-corrected chi connectivity index (χ0v) is 15.0. The van der Waals surface area contributed by atoms with Crippen molar-refractivity contribution in [1.82, 2.24) is 0 Å². The van der Waals surface area contributed by atoms with Crippen LogP contribution in [-0.4, -0.2) is 34.9 Å². The molecule has 0 aromatic heterocycles. The van der Waals surface area contributed by atoms with Gasteiger partial charge in [0.2, 0.25) is 0 Å². The lowest BCUT2D eigenvalue weighted by Crippen LogP contribution is -2.52. The van der Waals surface area contributed by atoms with E-state index in [1.807, 2.05) is 0 Å². The van der Waals surface area contributed by atoms with Crippen LogP contribution in [0.25, 0.3) is 0 Å². The Kier molecular flexibility index (Phi) is 10.4. The van der Waals surface area contributed by atoms with Crippen LogP contribution < -0.4 is 5.73 Å². The van der Waals surface area contributed by atoms with E-state index in [9.17, 15) is 14.7 Å². The molecule has 5 nitrogen and oxygen atoms in total. The summed E-state index contributed by atoms with van der Waals surface area (Å²) in [6.07, 6.45) is 5.93. The van der Waals surface area contributed by atoms with Crippen molar-refractivity contribution in [3.8, 4) is 0 Å². The Bertz CT molecular complexity index is 374. The first-order valence-electron chi connectivity index (χ1n) is 8.69. The number of carbonyl (C=O) groups is 2. The number of nitrogens with two attached hydrogens (primary N) is 1. The normalized spacial score (nSPS) is 29.6. The minimum Gasteiger partial charge on any atom is -0.480 e. The highest BCUT2D eigenvalue weighted by molar-refractivity contribution is 6.25. The zero-order chi connectivity index (χ0) is 18.0. The van der Waals surface area contributed by atoms with Gasteiger partial charge in [-0.15, -0.1) is 0 Å². The number of carboxylic acid groups (broad SMARTS) is 1. The van der Waals surface area contributed by atoms with Gasteiger partial charge in [0, 0.05) is 0 Å². The highest BCUT2D eigenvalue weighted by Gasteiger charge is 2.54. The fraction of sp³-hybridized carbons (Fsp3) is 0.882. The molecule has 0 aromatic carbocycles. The topological polar surface area (TPSA) is 101 Å². The molecule has 0 saturated heterocycles. The van der Waals surface area contributed by atoms with Gasteiger partial charge in [0.05, 0.1) is 0 Å². The average Bonchev–Trinajstić information content (AvgIpc) is 2.73. The van der Waals surface area contributed by atoms with Crippen LogP contribution in [0.4, 0.5) is 0 Å². The van der Waals surface area contributed by atoms with Crippen LogP contribution in [0.15, 0.2) is 0 Å². The lowest BCUT2D eigenvalue weighted by atomic mass is 9.76. The second kappa shape index (κ2) is 10.8. The molecule has 1 radical (unpaired) electrons. The first-order chi connectivity index (χ1) is 10.7. The number of ketones is 1. The number of aliphatic carboxylic acids is 1. The number of Topliss-reactive ketones (excluding diaryl/α,β-unsaturated/α-hetero) is 1. The summed E-state index contributed by atoms with van der Waals surface area (Å²) in [6.45, 7) is 7.32. The molecule has 0 bridgehead atoms. The van der Waals surface area contributed by atoms with Gasteiger partial charge in [-0.05, 0) is 44.4 Å². The van der Waals surface area contributed by atoms with Crippen LogP contribution in [0.3, 0.4) is 0 Å². The highest BCUT2D eigenvalue weighted by Crippen LogP contribution is 2.49. The van der Waals surface area contributed by atoms with Crippen molar-refractivity contribution >= 4 is 19.2 Å². The number of hydrogen-bond donors (Lipinski definition) is 3. The molecular weight excluding hydrogens is 293 g/mol. The lowest BCUT2D eigenvalue weighted by molar-refractivity contribution is -0.145. The van der Waals surface area contributed by atoms with Crippen LogP contribution >= 0.6 is 0 Å². The molecule has 1 aliphatic rings. The van der Waals surface area contributed by atoms with Gasteiger partial charge in [-0.3, -0.25) is 4.79 Å². The number of carboxylic acids is 1. The van der Waals surface area contributed by atoms with Crippen molar-refractivity contribution in [3.63, 3.8) is 0 Å². The van der Waals surface area contributed by atoms with Crippen LogP contribution in [0, 0.1) is 17.8 Å². The number of hydrogen-bond acceptors (Lipinski definition) is 4. The van der Waals surface area contributed by atoms with Crippen LogP contribution in [-0.2, 0) is 9.59 Å². The second-order valence-corrected chi connectivity index (χ2v) is 6.80. The summed E-state index contributed by atoms with van der Waals surface area (Å²) < 4.78 is 0. The second-order valence-electron chi connectivity index (χ2n) is 6.80. The van der Waals surface area contributed by atoms with Crippen molar-refractivity contribution in [2.45, 2.75) is 78.1 Å². The van der Waals surface area contributed by atoms with Crippen molar-refractivity contribution in [2.24, 2.45) is 23.5 Å². The van der Waals surface area contributed by atoms with Gasteiger partial charge in [-0.2, -0.15) is 0 Å². The summed E-state index contributed by atoms with van der Waals surface area (Å²) in [5, 5.41) is 18.3. The molecule has 0 aromatic rings. The summed E-state index contributed by atoms with van der Waals surface area (Å²) in [4.78, 5) is 21.0. The number of carbonyl (C=O) groups excluding carboxylic acids is 1. The van der Waals surface area contributed by atoms with Gasteiger partial charge in [-0.25, -0.2) is 0 Å². The monoisotopic (exact) mass is 326 g/mol. The quantitative estimate of drug-likeness (QED) is 0.470. The Morgan fingerprint density at radius 2 is 1.83 bits per heavy atom. The van der Waals surface area contributed by atoms with E-state index in [4.69, 9.17) is 10.8 Å². The maximum Gasteiger partial charge on any atom is 0.323 e. The third-order valence-electron chi connectivity index (χ3n) is 4.78. The summed E-state index contributed by atoms with van der Waals surface area (Å²) >= 11 is 0. The molecule has 0 aliphatic heterocycles. The Morgan fingerprint density at radius 3 is 2.22 bits per heavy atom. The Morgan fingerprint density at radius 1 is 1.26 bits per heavy atom. The largest absolute Gasteiger partial charge is 0.480 e. The number of rotatable bonds is 8. The molecular formula is C17H33BNO4. The van der Waals surface area contributed by atoms with Crippen LogP contribution in [0.1, 0.15) is 66.2 Å². The summed E-state index contributed by atoms with van der Waals surface area (Å²) in [5.74, 6) is 0.177. The van der Waals surface area contributed by atoms with Gasteiger partial charge in [0.15, 0.2) is 0 Å². The minimum atomic E-state index is -1.07. The van der Waals surface area contributed by atoms with E-state index in [0.29, 0.717) is 24.6 Å². The third kappa shape index (κ3) is 6.64. The molecule has 4 N–H and O–H groups in total.